The maximum absolute atomic E-state index is 6.39. The number of hydrogen-bond acceptors (Lipinski definition) is 1. The van der Waals surface area contributed by atoms with Gasteiger partial charge >= 0.3 is 0 Å². The molecule has 2 nitrogen and oxygen atoms in total. The van der Waals surface area contributed by atoms with Crippen LogP contribution >= 0.6 is 61.7 Å². The van der Waals surface area contributed by atoms with E-state index < -0.39 is 0 Å². The summed E-state index contributed by atoms with van der Waals surface area (Å²) in [6.07, 6.45) is 0.690. The Labute approximate surface area is 154 Å². The zero-order valence-electron chi connectivity index (χ0n) is 10.8. The molecule has 3 rings (SSSR count). The number of benzene rings is 2. The van der Waals surface area contributed by atoms with E-state index in [-0.39, 0.29) is 0 Å². The third-order valence-electron chi connectivity index (χ3n) is 3.15. The summed E-state index contributed by atoms with van der Waals surface area (Å²) in [5, 5.41) is 0.687. The maximum atomic E-state index is 6.39. The average Bonchev–Trinajstić information content (AvgIpc) is 2.79. The number of imidazole rings is 1. The summed E-state index contributed by atoms with van der Waals surface area (Å²) in [4.78, 5) is 4.71. The van der Waals surface area contributed by atoms with Crippen LogP contribution in [0.25, 0.3) is 16.7 Å². The zero-order chi connectivity index (χ0) is 15.0. The van der Waals surface area contributed by atoms with Crippen molar-refractivity contribution in [3.8, 4) is 5.69 Å². The van der Waals surface area contributed by atoms with Gasteiger partial charge in [-0.25, -0.2) is 4.98 Å². The predicted molar refractivity (Wildman–Crippen MR) is 101 cm³/mol. The summed E-state index contributed by atoms with van der Waals surface area (Å²) in [6, 6.07) is 12.0. The average molecular weight is 496 g/mol. The summed E-state index contributed by atoms with van der Waals surface area (Å²) in [5.74, 6) is 1.44. The summed E-state index contributed by atoms with van der Waals surface area (Å²) in [7, 11) is 0. The van der Waals surface area contributed by atoms with Gasteiger partial charge in [0.2, 0.25) is 0 Å². The molecule has 0 bridgehead atoms. The second kappa shape index (κ2) is 6.44. The highest BCUT2D eigenvalue weighted by molar-refractivity contribution is 14.1. The fourth-order valence-electron chi connectivity index (χ4n) is 2.28. The molecule has 0 radical (unpaired) electrons. The highest BCUT2D eigenvalue weighted by atomic mass is 127. The fraction of sp³-hybridized carbons (Fsp3) is 0.133. The molecule has 0 fully saturated rings. The topological polar surface area (TPSA) is 17.8 Å². The Bertz CT molecular complexity index is 817. The Hall–Kier alpha value is -0.300. The van der Waals surface area contributed by atoms with E-state index in [4.69, 9.17) is 28.2 Å². The largest absolute Gasteiger partial charge is 0.295 e. The van der Waals surface area contributed by atoms with Gasteiger partial charge in [0, 0.05) is 20.3 Å². The van der Waals surface area contributed by atoms with Gasteiger partial charge in [0.25, 0.3) is 0 Å². The number of halogens is 4. The summed E-state index contributed by atoms with van der Waals surface area (Å²) in [6.45, 7) is 0. The molecular formula is C15H10BrCl2IN2. The van der Waals surface area contributed by atoms with Gasteiger partial charge in [0.1, 0.15) is 5.82 Å². The molecule has 0 aliphatic heterocycles. The van der Waals surface area contributed by atoms with E-state index >= 15 is 0 Å². The first-order valence-corrected chi connectivity index (χ1v) is 9.07. The Morgan fingerprint density at radius 2 is 2.00 bits per heavy atom. The van der Waals surface area contributed by atoms with Crippen molar-refractivity contribution in [3.63, 3.8) is 0 Å². The molecule has 0 amide bonds. The number of fused-ring (bicyclic) bond motifs is 1. The molecule has 108 valence electrons. The van der Waals surface area contributed by atoms with E-state index in [1.807, 2.05) is 18.2 Å². The van der Waals surface area contributed by atoms with Gasteiger partial charge in [-0.3, -0.25) is 4.57 Å². The summed E-state index contributed by atoms with van der Waals surface area (Å²) < 4.78 is 4.22. The highest BCUT2D eigenvalue weighted by Crippen LogP contribution is 2.30. The molecule has 0 saturated heterocycles. The quantitative estimate of drug-likeness (QED) is 0.330. The Morgan fingerprint density at radius 3 is 2.76 bits per heavy atom. The molecule has 0 aliphatic carbocycles. The molecule has 1 heterocycles. The van der Waals surface area contributed by atoms with Crippen molar-refractivity contribution < 1.29 is 0 Å². The fourth-order valence-corrected chi connectivity index (χ4v) is 3.48. The van der Waals surface area contributed by atoms with Gasteiger partial charge < -0.3 is 0 Å². The van der Waals surface area contributed by atoms with Crippen LogP contribution in [0.2, 0.25) is 5.02 Å². The number of aryl methyl sites for hydroxylation is 1. The van der Waals surface area contributed by atoms with Crippen molar-refractivity contribution in [2.45, 2.75) is 6.42 Å². The molecule has 0 N–H and O–H groups in total. The molecule has 3 aromatic rings. The van der Waals surface area contributed by atoms with Crippen LogP contribution in [0.4, 0.5) is 0 Å². The lowest BCUT2D eigenvalue weighted by atomic mass is 10.2. The minimum absolute atomic E-state index is 0.520. The lowest BCUT2D eigenvalue weighted by molar-refractivity contribution is 0.912. The van der Waals surface area contributed by atoms with Gasteiger partial charge in [-0.2, -0.15) is 0 Å². The van der Waals surface area contributed by atoms with E-state index in [1.165, 1.54) is 0 Å². The third-order valence-corrected chi connectivity index (χ3v) is 4.83. The maximum Gasteiger partial charge on any atom is 0.115 e. The molecule has 1 aromatic heterocycles. The smallest absolute Gasteiger partial charge is 0.115 e. The lowest BCUT2D eigenvalue weighted by Gasteiger charge is -2.11. The zero-order valence-corrected chi connectivity index (χ0v) is 16.0. The lowest BCUT2D eigenvalue weighted by Crippen LogP contribution is -2.03. The minimum atomic E-state index is 0.520. The minimum Gasteiger partial charge on any atom is -0.295 e. The van der Waals surface area contributed by atoms with Gasteiger partial charge in [0.05, 0.1) is 21.7 Å². The van der Waals surface area contributed by atoms with Crippen molar-refractivity contribution in [2.75, 3.05) is 5.88 Å². The molecular weight excluding hydrogens is 486 g/mol. The number of aromatic nitrogens is 2. The van der Waals surface area contributed by atoms with E-state index in [0.717, 1.165) is 30.6 Å². The molecule has 0 unspecified atom stereocenters. The van der Waals surface area contributed by atoms with E-state index in [1.54, 1.807) is 0 Å². The predicted octanol–water partition coefficient (Wildman–Crippen LogP) is 5.83. The van der Waals surface area contributed by atoms with Crippen molar-refractivity contribution in [2.24, 2.45) is 0 Å². The van der Waals surface area contributed by atoms with Gasteiger partial charge in [-0.1, -0.05) is 27.5 Å². The van der Waals surface area contributed by atoms with Crippen LogP contribution in [0, 0.1) is 3.57 Å². The molecule has 0 aliphatic rings. The monoisotopic (exact) mass is 494 g/mol. The van der Waals surface area contributed by atoms with Crippen LogP contribution in [-0.2, 0) is 6.42 Å². The van der Waals surface area contributed by atoms with Crippen LogP contribution in [0.5, 0.6) is 0 Å². The highest BCUT2D eigenvalue weighted by Gasteiger charge is 2.15. The van der Waals surface area contributed by atoms with Crippen LogP contribution in [0.15, 0.2) is 40.9 Å². The van der Waals surface area contributed by atoms with Crippen LogP contribution in [-0.4, -0.2) is 15.4 Å². The Kier molecular flexibility index (Phi) is 4.78. The van der Waals surface area contributed by atoms with E-state index in [2.05, 4.69) is 61.3 Å². The van der Waals surface area contributed by atoms with E-state index in [0.29, 0.717) is 17.3 Å². The molecule has 0 atom stereocenters. The standard InChI is InChI=1S/C15H10BrCl2IN2/c16-9-1-3-11(18)14(7-9)21-13-4-2-10(19)8-12(13)20-15(21)5-6-17/h1-4,7-8H,5-6H2. The SMILES string of the molecule is ClCCc1nc2cc(I)ccc2n1-c1cc(Br)ccc1Cl. The second-order valence-electron chi connectivity index (χ2n) is 4.53. The van der Waals surface area contributed by atoms with Crippen LogP contribution < -0.4 is 0 Å². The number of alkyl halides is 1. The summed E-state index contributed by atoms with van der Waals surface area (Å²) >= 11 is 18.1. The van der Waals surface area contributed by atoms with Crippen molar-refractivity contribution >= 4 is 72.8 Å². The van der Waals surface area contributed by atoms with Gasteiger partial charge in [-0.05, 0) is 59.0 Å². The van der Waals surface area contributed by atoms with Crippen LogP contribution in [0.1, 0.15) is 5.82 Å². The van der Waals surface area contributed by atoms with E-state index in [9.17, 15) is 0 Å². The normalized spacial score (nSPS) is 11.2. The Morgan fingerprint density at radius 1 is 1.19 bits per heavy atom. The summed E-state index contributed by atoms with van der Waals surface area (Å²) in [5.41, 5.74) is 2.91. The molecule has 0 saturated carbocycles. The first-order valence-electron chi connectivity index (χ1n) is 6.28. The first-order chi connectivity index (χ1) is 10.1. The van der Waals surface area contributed by atoms with Crippen LogP contribution in [0.3, 0.4) is 0 Å². The molecule has 0 spiro atoms. The number of rotatable bonds is 3. The van der Waals surface area contributed by atoms with Gasteiger partial charge in [-0.15, -0.1) is 11.6 Å². The molecule has 6 heteroatoms. The van der Waals surface area contributed by atoms with Crippen molar-refractivity contribution in [1.29, 1.82) is 0 Å². The Balaban J connectivity index is 2.33. The van der Waals surface area contributed by atoms with Crippen molar-refractivity contribution in [1.82, 2.24) is 9.55 Å². The molecule has 2 aromatic carbocycles. The van der Waals surface area contributed by atoms with Crippen molar-refractivity contribution in [3.05, 3.63) is 55.3 Å². The number of hydrogen-bond donors (Lipinski definition) is 0. The van der Waals surface area contributed by atoms with Gasteiger partial charge in [0.15, 0.2) is 0 Å². The second-order valence-corrected chi connectivity index (χ2v) is 7.48. The number of nitrogens with zero attached hydrogens (tertiary/aromatic N) is 2. The third kappa shape index (κ3) is 3.09. The molecule has 21 heavy (non-hydrogen) atoms. The first kappa shape index (κ1) is 15.6.